The summed E-state index contributed by atoms with van der Waals surface area (Å²) in [5.74, 6) is 2.24. The number of hydrogen-bond acceptors (Lipinski definition) is 5. The molecule has 1 aromatic carbocycles. The molecule has 5 nitrogen and oxygen atoms in total. The van der Waals surface area contributed by atoms with Gasteiger partial charge in [0.15, 0.2) is 17.2 Å². The molecule has 2 N–H and O–H groups in total. The molecule has 0 atom stereocenters. The fourth-order valence-corrected chi connectivity index (χ4v) is 1.93. The van der Waals surface area contributed by atoms with Crippen LogP contribution in [0.1, 0.15) is 0 Å². The molecule has 1 aromatic heterocycles. The van der Waals surface area contributed by atoms with E-state index in [-0.39, 0.29) is 0 Å². The number of methoxy groups -OCH3 is 2. The quantitative estimate of drug-likeness (QED) is 0.655. The van der Waals surface area contributed by atoms with Crippen LogP contribution in [-0.4, -0.2) is 19.2 Å². The van der Waals surface area contributed by atoms with Gasteiger partial charge in [-0.05, 0) is 24.3 Å². The van der Waals surface area contributed by atoms with Crippen molar-refractivity contribution in [2.75, 3.05) is 14.2 Å². The molecule has 0 saturated carbocycles. The summed E-state index contributed by atoms with van der Waals surface area (Å²) < 4.78 is 16.3. The van der Waals surface area contributed by atoms with Crippen molar-refractivity contribution >= 4 is 10.8 Å². The van der Waals surface area contributed by atoms with Crippen LogP contribution in [0.2, 0.25) is 0 Å². The van der Waals surface area contributed by atoms with Crippen LogP contribution in [0.4, 0.5) is 0 Å². The van der Waals surface area contributed by atoms with E-state index in [2.05, 4.69) is 18.1 Å². The maximum atomic E-state index is 5.71. The number of rotatable bonds is 6. The van der Waals surface area contributed by atoms with E-state index in [1.165, 1.54) is 0 Å². The summed E-state index contributed by atoms with van der Waals surface area (Å²) in [6.07, 6.45) is 6.60. The molecule has 114 valence electrons. The molecule has 0 aliphatic heterocycles. The summed E-state index contributed by atoms with van der Waals surface area (Å²) >= 11 is 0. The Balaban J connectivity index is 2.42. The predicted molar refractivity (Wildman–Crippen MR) is 87.1 cm³/mol. The van der Waals surface area contributed by atoms with Crippen LogP contribution in [0.25, 0.3) is 10.8 Å². The van der Waals surface area contributed by atoms with Crippen molar-refractivity contribution in [3.63, 3.8) is 0 Å². The van der Waals surface area contributed by atoms with E-state index < -0.39 is 0 Å². The number of allylic oxidation sites excluding steroid dienone is 2. The molecule has 2 aromatic rings. The van der Waals surface area contributed by atoms with Crippen LogP contribution in [0.5, 0.6) is 17.2 Å². The highest BCUT2D eigenvalue weighted by atomic mass is 16.5. The summed E-state index contributed by atoms with van der Waals surface area (Å²) in [5, 5.41) is 1.71. The third-order valence-corrected chi connectivity index (χ3v) is 2.95. The van der Waals surface area contributed by atoms with Gasteiger partial charge >= 0.3 is 0 Å². The van der Waals surface area contributed by atoms with Gasteiger partial charge in [-0.25, -0.2) is 0 Å². The minimum Gasteiger partial charge on any atom is -0.493 e. The molecule has 0 aliphatic carbocycles. The topological polar surface area (TPSA) is 66.6 Å². The molecule has 0 saturated heterocycles. The minimum atomic E-state index is 0.423. The molecule has 0 radical (unpaired) electrons. The zero-order valence-electron chi connectivity index (χ0n) is 12.6. The van der Waals surface area contributed by atoms with Crippen molar-refractivity contribution in [3.8, 4) is 17.2 Å². The number of aromatic nitrogens is 1. The predicted octanol–water partition coefficient (Wildman–Crippen LogP) is 3.17. The maximum absolute atomic E-state index is 5.71. The van der Waals surface area contributed by atoms with Crippen molar-refractivity contribution in [1.82, 2.24) is 4.98 Å². The third-order valence-electron chi connectivity index (χ3n) is 2.95. The van der Waals surface area contributed by atoms with E-state index in [0.29, 0.717) is 28.7 Å². The van der Waals surface area contributed by atoms with Crippen LogP contribution in [0.15, 0.2) is 61.3 Å². The first-order valence-corrected chi connectivity index (χ1v) is 6.54. The zero-order chi connectivity index (χ0) is 16.1. The average Bonchev–Trinajstić information content (AvgIpc) is 2.51. The monoisotopic (exact) mass is 298 g/mol. The van der Waals surface area contributed by atoms with E-state index in [4.69, 9.17) is 19.9 Å². The Kier molecular flexibility index (Phi) is 4.68. The van der Waals surface area contributed by atoms with E-state index in [1.807, 2.05) is 12.1 Å². The molecule has 0 aliphatic rings. The lowest BCUT2D eigenvalue weighted by molar-refractivity contribution is 0.355. The molecule has 0 unspecified atom stereocenters. The highest BCUT2D eigenvalue weighted by Crippen LogP contribution is 2.36. The number of nitrogens with two attached hydrogens (primary N) is 1. The van der Waals surface area contributed by atoms with Gasteiger partial charge in [0.25, 0.3) is 0 Å². The Hall–Kier alpha value is -2.95. The van der Waals surface area contributed by atoms with Crippen LogP contribution in [-0.2, 0) is 0 Å². The lowest BCUT2D eigenvalue weighted by Crippen LogP contribution is -1.96. The second kappa shape index (κ2) is 6.67. The Morgan fingerprint density at radius 1 is 1.05 bits per heavy atom. The van der Waals surface area contributed by atoms with E-state index in [9.17, 15) is 0 Å². The molecule has 1 heterocycles. The Bertz CT molecular complexity index is 751. The SMILES string of the molecule is C=C(N)/C=C\C(=C)Oc1cncc2cc(OC)c(OC)cc12. The number of hydrogen-bond donors (Lipinski definition) is 1. The van der Waals surface area contributed by atoms with Gasteiger partial charge in [0, 0.05) is 22.7 Å². The normalized spacial score (nSPS) is 10.6. The standard InChI is InChI=1S/C17H18N2O3/c1-11(18)5-6-12(2)22-17-10-19-9-13-7-15(20-3)16(21-4)8-14(13)17/h5-10H,1-2,18H2,3-4H3/b6-5-. The highest BCUT2D eigenvalue weighted by molar-refractivity contribution is 5.90. The maximum Gasteiger partial charge on any atom is 0.161 e. The van der Waals surface area contributed by atoms with Gasteiger partial charge < -0.3 is 19.9 Å². The summed E-state index contributed by atoms with van der Waals surface area (Å²) in [5.41, 5.74) is 5.90. The van der Waals surface area contributed by atoms with Crippen LogP contribution < -0.4 is 19.9 Å². The van der Waals surface area contributed by atoms with E-state index >= 15 is 0 Å². The summed E-state index contributed by atoms with van der Waals surface area (Å²) in [4.78, 5) is 4.16. The molecule has 0 spiro atoms. The summed E-state index contributed by atoms with van der Waals surface area (Å²) in [6.45, 7) is 7.39. The lowest BCUT2D eigenvalue weighted by Gasteiger charge is -2.12. The van der Waals surface area contributed by atoms with Crippen molar-refractivity contribution in [3.05, 3.63) is 61.3 Å². The van der Waals surface area contributed by atoms with Gasteiger partial charge in [0.1, 0.15) is 5.76 Å². The Labute approximate surface area is 129 Å². The first-order chi connectivity index (χ1) is 10.5. The first kappa shape index (κ1) is 15.4. The molecular formula is C17H18N2O3. The number of nitrogens with zero attached hydrogens (tertiary/aromatic N) is 1. The molecule has 0 amide bonds. The Morgan fingerprint density at radius 2 is 1.73 bits per heavy atom. The molecule has 2 rings (SSSR count). The number of benzene rings is 1. The van der Waals surface area contributed by atoms with Gasteiger partial charge in [-0.2, -0.15) is 0 Å². The fraction of sp³-hybridized carbons (Fsp3) is 0.118. The van der Waals surface area contributed by atoms with E-state index in [1.54, 1.807) is 38.8 Å². The van der Waals surface area contributed by atoms with Gasteiger partial charge in [-0.3, -0.25) is 4.98 Å². The average molecular weight is 298 g/mol. The third kappa shape index (κ3) is 3.38. The van der Waals surface area contributed by atoms with Crippen molar-refractivity contribution < 1.29 is 14.2 Å². The van der Waals surface area contributed by atoms with Gasteiger partial charge in [-0.1, -0.05) is 13.2 Å². The zero-order valence-corrected chi connectivity index (χ0v) is 12.6. The number of ether oxygens (including phenoxy) is 3. The number of pyridine rings is 1. The smallest absolute Gasteiger partial charge is 0.161 e. The van der Waals surface area contributed by atoms with Crippen LogP contribution >= 0.6 is 0 Å². The largest absolute Gasteiger partial charge is 0.493 e. The fourth-order valence-electron chi connectivity index (χ4n) is 1.93. The van der Waals surface area contributed by atoms with Crippen LogP contribution in [0, 0.1) is 0 Å². The second-order valence-electron chi connectivity index (χ2n) is 4.54. The van der Waals surface area contributed by atoms with Crippen molar-refractivity contribution in [2.45, 2.75) is 0 Å². The molecule has 5 heteroatoms. The lowest BCUT2D eigenvalue weighted by atomic mass is 10.1. The van der Waals surface area contributed by atoms with Crippen LogP contribution in [0.3, 0.4) is 0 Å². The second-order valence-corrected chi connectivity index (χ2v) is 4.54. The molecular weight excluding hydrogens is 280 g/mol. The van der Waals surface area contributed by atoms with Gasteiger partial charge in [0.2, 0.25) is 0 Å². The van der Waals surface area contributed by atoms with Crippen molar-refractivity contribution in [1.29, 1.82) is 0 Å². The molecule has 0 bridgehead atoms. The van der Waals surface area contributed by atoms with E-state index in [0.717, 1.165) is 10.8 Å². The Morgan fingerprint density at radius 3 is 2.36 bits per heavy atom. The summed E-state index contributed by atoms with van der Waals surface area (Å²) in [7, 11) is 3.17. The number of fused-ring (bicyclic) bond motifs is 1. The van der Waals surface area contributed by atoms with Gasteiger partial charge in [0.05, 0.1) is 20.4 Å². The molecule has 0 fully saturated rings. The molecule has 22 heavy (non-hydrogen) atoms. The van der Waals surface area contributed by atoms with Crippen molar-refractivity contribution in [2.24, 2.45) is 5.73 Å². The first-order valence-electron chi connectivity index (χ1n) is 6.54. The summed E-state index contributed by atoms with van der Waals surface area (Å²) in [6, 6.07) is 3.68. The minimum absolute atomic E-state index is 0.423. The highest BCUT2D eigenvalue weighted by Gasteiger charge is 2.10. The van der Waals surface area contributed by atoms with Gasteiger partial charge in [-0.15, -0.1) is 0 Å².